The second-order valence-corrected chi connectivity index (χ2v) is 7.02. The molecule has 1 amide bonds. The maximum Gasteiger partial charge on any atom is 0.345 e. The zero-order chi connectivity index (χ0) is 22.2. The quantitative estimate of drug-likeness (QED) is 0.413. The van der Waals surface area contributed by atoms with Gasteiger partial charge in [0.2, 0.25) is 6.10 Å². The average molecular weight is 417 g/mol. The van der Waals surface area contributed by atoms with Crippen molar-refractivity contribution in [3.8, 4) is 5.75 Å². The molecule has 0 unspecified atom stereocenters. The SMILES string of the molecule is CN(C)C(=O)[C@@H](OC(=O)COc1ccc(C(=O)c2ccccc2)cc1)c1ccccc1. The third-order valence-electron chi connectivity index (χ3n) is 4.53. The highest BCUT2D eigenvalue weighted by Gasteiger charge is 2.26. The van der Waals surface area contributed by atoms with Crippen molar-refractivity contribution in [3.05, 3.63) is 102 Å². The predicted octanol–water partition coefficient (Wildman–Crippen LogP) is 3.67. The molecular formula is C25H23NO5. The highest BCUT2D eigenvalue weighted by molar-refractivity contribution is 6.09. The van der Waals surface area contributed by atoms with Crippen LogP contribution in [0.2, 0.25) is 0 Å². The van der Waals surface area contributed by atoms with Crippen LogP contribution < -0.4 is 4.74 Å². The molecule has 3 aromatic carbocycles. The Labute approximate surface area is 181 Å². The molecule has 0 aliphatic heterocycles. The minimum absolute atomic E-state index is 0.0977. The van der Waals surface area contributed by atoms with E-state index in [0.29, 0.717) is 22.4 Å². The summed E-state index contributed by atoms with van der Waals surface area (Å²) >= 11 is 0. The fourth-order valence-electron chi connectivity index (χ4n) is 2.89. The van der Waals surface area contributed by atoms with Gasteiger partial charge in [0.1, 0.15) is 5.75 Å². The molecule has 0 aliphatic carbocycles. The lowest BCUT2D eigenvalue weighted by atomic mass is 10.0. The van der Waals surface area contributed by atoms with Crippen LogP contribution in [0.1, 0.15) is 27.6 Å². The van der Waals surface area contributed by atoms with E-state index in [1.165, 1.54) is 4.90 Å². The first kappa shape index (κ1) is 21.8. The molecular weight excluding hydrogens is 394 g/mol. The van der Waals surface area contributed by atoms with Gasteiger partial charge in [-0.1, -0.05) is 60.7 Å². The summed E-state index contributed by atoms with van der Waals surface area (Å²) in [6, 6.07) is 24.3. The largest absolute Gasteiger partial charge is 0.482 e. The Bertz CT molecular complexity index is 1030. The van der Waals surface area contributed by atoms with Gasteiger partial charge in [-0.05, 0) is 24.3 Å². The van der Waals surface area contributed by atoms with Crippen LogP contribution in [0.4, 0.5) is 0 Å². The third kappa shape index (κ3) is 5.79. The zero-order valence-electron chi connectivity index (χ0n) is 17.4. The standard InChI is InChI=1S/C25H23NO5/c1-26(2)25(29)24(20-11-7-4-8-12-20)31-22(27)17-30-21-15-13-19(14-16-21)23(28)18-9-5-3-6-10-18/h3-16,24H,17H2,1-2H3/t24-/m0/s1. The molecule has 0 spiro atoms. The fraction of sp³-hybridized carbons (Fsp3) is 0.160. The van der Waals surface area contributed by atoms with E-state index in [2.05, 4.69) is 0 Å². The van der Waals surface area contributed by atoms with Crippen LogP contribution in [0.3, 0.4) is 0 Å². The predicted molar refractivity (Wildman–Crippen MR) is 116 cm³/mol. The van der Waals surface area contributed by atoms with Crippen LogP contribution in [0.25, 0.3) is 0 Å². The van der Waals surface area contributed by atoms with E-state index in [1.807, 2.05) is 12.1 Å². The number of ketones is 1. The smallest absolute Gasteiger partial charge is 0.345 e. The van der Waals surface area contributed by atoms with Crippen LogP contribution in [-0.4, -0.2) is 43.3 Å². The topological polar surface area (TPSA) is 72.9 Å². The number of hydrogen-bond acceptors (Lipinski definition) is 5. The van der Waals surface area contributed by atoms with Crippen molar-refractivity contribution in [2.45, 2.75) is 6.10 Å². The van der Waals surface area contributed by atoms with Gasteiger partial charge in [-0.15, -0.1) is 0 Å². The normalized spacial score (nSPS) is 11.3. The summed E-state index contributed by atoms with van der Waals surface area (Å²) in [6.07, 6.45) is -1.04. The first-order valence-electron chi connectivity index (χ1n) is 9.74. The number of likely N-dealkylation sites (N-methyl/N-ethyl adjacent to an activating group) is 1. The van der Waals surface area contributed by atoms with Gasteiger partial charge in [-0.3, -0.25) is 9.59 Å². The van der Waals surface area contributed by atoms with Gasteiger partial charge in [0.25, 0.3) is 5.91 Å². The zero-order valence-corrected chi connectivity index (χ0v) is 17.4. The molecule has 0 bridgehead atoms. The van der Waals surface area contributed by atoms with E-state index < -0.39 is 12.1 Å². The van der Waals surface area contributed by atoms with Crippen molar-refractivity contribution in [2.75, 3.05) is 20.7 Å². The van der Waals surface area contributed by atoms with E-state index in [1.54, 1.807) is 86.9 Å². The number of nitrogens with zero attached hydrogens (tertiary/aromatic N) is 1. The summed E-state index contributed by atoms with van der Waals surface area (Å²) in [5.41, 5.74) is 1.69. The van der Waals surface area contributed by atoms with Gasteiger partial charge in [0.15, 0.2) is 12.4 Å². The minimum Gasteiger partial charge on any atom is -0.482 e. The Morgan fingerprint density at radius 2 is 1.32 bits per heavy atom. The van der Waals surface area contributed by atoms with E-state index >= 15 is 0 Å². The van der Waals surface area contributed by atoms with Crippen molar-refractivity contribution in [2.24, 2.45) is 0 Å². The molecule has 1 atom stereocenters. The number of hydrogen-bond donors (Lipinski definition) is 0. The van der Waals surface area contributed by atoms with Gasteiger partial charge < -0.3 is 14.4 Å². The monoisotopic (exact) mass is 417 g/mol. The van der Waals surface area contributed by atoms with Crippen LogP contribution in [0, 0.1) is 0 Å². The van der Waals surface area contributed by atoms with Crippen molar-refractivity contribution < 1.29 is 23.9 Å². The van der Waals surface area contributed by atoms with Gasteiger partial charge in [0, 0.05) is 30.8 Å². The number of amides is 1. The highest BCUT2D eigenvalue weighted by atomic mass is 16.6. The second kappa shape index (κ2) is 10.2. The summed E-state index contributed by atoms with van der Waals surface area (Å²) in [5.74, 6) is -0.701. The Kier molecular flexibility index (Phi) is 7.17. The van der Waals surface area contributed by atoms with Gasteiger partial charge in [0.05, 0.1) is 0 Å². The van der Waals surface area contributed by atoms with E-state index in [0.717, 1.165) is 0 Å². The first-order chi connectivity index (χ1) is 15.0. The highest BCUT2D eigenvalue weighted by Crippen LogP contribution is 2.20. The van der Waals surface area contributed by atoms with Crippen LogP contribution >= 0.6 is 0 Å². The molecule has 158 valence electrons. The Balaban J connectivity index is 1.60. The molecule has 0 aliphatic rings. The van der Waals surface area contributed by atoms with Gasteiger partial charge >= 0.3 is 5.97 Å². The van der Waals surface area contributed by atoms with Gasteiger partial charge in [-0.25, -0.2) is 4.79 Å². The maximum absolute atomic E-state index is 12.4. The summed E-state index contributed by atoms with van der Waals surface area (Å²) in [7, 11) is 3.20. The van der Waals surface area contributed by atoms with E-state index in [4.69, 9.17) is 9.47 Å². The number of carbonyl (C=O) groups excluding carboxylic acids is 3. The summed E-state index contributed by atoms with van der Waals surface area (Å²) in [5, 5.41) is 0. The first-order valence-corrected chi connectivity index (χ1v) is 9.74. The number of benzene rings is 3. The lowest BCUT2D eigenvalue weighted by Gasteiger charge is -2.21. The van der Waals surface area contributed by atoms with E-state index in [-0.39, 0.29) is 18.3 Å². The Morgan fingerprint density at radius 1 is 0.774 bits per heavy atom. The lowest BCUT2D eigenvalue weighted by molar-refractivity contribution is -0.161. The number of carbonyl (C=O) groups is 3. The van der Waals surface area contributed by atoms with Crippen molar-refractivity contribution >= 4 is 17.7 Å². The second-order valence-electron chi connectivity index (χ2n) is 7.02. The third-order valence-corrected chi connectivity index (χ3v) is 4.53. The molecule has 6 heteroatoms. The van der Waals surface area contributed by atoms with Crippen molar-refractivity contribution in [1.29, 1.82) is 0 Å². The molecule has 6 nitrogen and oxygen atoms in total. The minimum atomic E-state index is -1.04. The molecule has 0 fully saturated rings. The molecule has 0 radical (unpaired) electrons. The number of rotatable bonds is 8. The Hall–Kier alpha value is -3.93. The lowest BCUT2D eigenvalue weighted by Crippen LogP contribution is -2.32. The maximum atomic E-state index is 12.4. The van der Waals surface area contributed by atoms with Crippen molar-refractivity contribution in [1.82, 2.24) is 4.90 Å². The van der Waals surface area contributed by atoms with Crippen LogP contribution in [0.5, 0.6) is 5.75 Å². The van der Waals surface area contributed by atoms with Gasteiger partial charge in [-0.2, -0.15) is 0 Å². The van der Waals surface area contributed by atoms with Crippen LogP contribution in [-0.2, 0) is 14.3 Å². The average Bonchev–Trinajstić information content (AvgIpc) is 2.81. The summed E-state index contributed by atoms with van der Waals surface area (Å²) < 4.78 is 10.9. The van der Waals surface area contributed by atoms with Crippen LogP contribution in [0.15, 0.2) is 84.9 Å². The molecule has 0 aromatic heterocycles. The Morgan fingerprint density at radius 3 is 1.90 bits per heavy atom. The fourth-order valence-corrected chi connectivity index (χ4v) is 2.89. The molecule has 3 rings (SSSR count). The summed E-state index contributed by atoms with van der Waals surface area (Å²) in [6.45, 7) is -0.365. The molecule has 3 aromatic rings. The number of ether oxygens (including phenoxy) is 2. The molecule has 0 saturated carbocycles. The van der Waals surface area contributed by atoms with E-state index in [9.17, 15) is 14.4 Å². The van der Waals surface area contributed by atoms with Crippen molar-refractivity contribution in [3.63, 3.8) is 0 Å². The molecule has 0 saturated heterocycles. The summed E-state index contributed by atoms with van der Waals surface area (Å²) in [4.78, 5) is 38.6. The number of esters is 1. The molecule has 0 N–H and O–H groups in total. The molecule has 0 heterocycles. The molecule has 31 heavy (non-hydrogen) atoms.